The third-order valence-electron chi connectivity index (χ3n) is 6.92. The lowest BCUT2D eigenvalue weighted by Crippen LogP contribution is -2.59. The molecule has 2 aromatic carbocycles. The second-order valence-corrected chi connectivity index (χ2v) is 9.15. The second-order valence-electron chi connectivity index (χ2n) is 9.15. The minimum atomic E-state index is -0.329. The fraction of sp³-hybridized carbons (Fsp3) is 0.480. The van der Waals surface area contributed by atoms with Gasteiger partial charge in [0.15, 0.2) is 0 Å². The molecule has 0 N–H and O–H groups in total. The zero-order chi connectivity index (χ0) is 20.2. The average molecular weight is 390 g/mol. The molecule has 2 aromatic rings. The van der Waals surface area contributed by atoms with Gasteiger partial charge in [-0.3, -0.25) is 0 Å². The average Bonchev–Trinajstić information content (AvgIpc) is 3.17. The number of benzene rings is 2. The molecule has 152 valence electrons. The summed E-state index contributed by atoms with van der Waals surface area (Å²) in [7, 11) is 0. The van der Waals surface area contributed by atoms with E-state index in [1.165, 1.54) is 28.0 Å². The van der Waals surface area contributed by atoms with Crippen LogP contribution in [0.3, 0.4) is 0 Å². The first-order chi connectivity index (χ1) is 14.0. The first-order valence-corrected chi connectivity index (χ1v) is 10.9. The Hall–Kier alpha value is -2.33. The molecular weight excluding hydrogens is 358 g/mol. The van der Waals surface area contributed by atoms with Crippen molar-refractivity contribution in [3.63, 3.8) is 0 Å². The molecule has 1 saturated heterocycles. The van der Waals surface area contributed by atoms with Gasteiger partial charge in [-0.1, -0.05) is 35.9 Å². The van der Waals surface area contributed by atoms with E-state index in [0.29, 0.717) is 6.04 Å². The number of hydrogen-bond donors (Lipinski definition) is 0. The van der Waals surface area contributed by atoms with Gasteiger partial charge in [-0.05, 0) is 45.4 Å². The summed E-state index contributed by atoms with van der Waals surface area (Å²) in [6, 6.07) is 16.1. The van der Waals surface area contributed by atoms with Gasteiger partial charge in [0.1, 0.15) is 5.75 Å². The topological polar surface area (TPSA) is 28.1 Å². The van der Waals surface area contributed by atoms with Crippen LogP contribution < -0.4 is 4.74 Å². The normalized spacial score (nSPS) is 23.0. The predicted octanol–water partition coefficient (Wildman–Crippen LogP) is 5.05. The monoisotopic (exact) mass is 389 g/mol. The molecule has 3 aliphatic heterocycles. The molecule has 3 heterocycles. The number of rotatable bonds is 2. The van der Waals surface area contributed by atoms with E-state index in [1.54, 1.807) is 0 Å². The summed E-state index contributed by atoms with van der Waals surface area (Å²) in [4.78, 5) is 2.55. The van der Waals surface area contributed by atoms with Gasteiger partial charge in [0.25, 0.3) is 0 Å². The minimum Gasteiger partial charge on any atom is -0.466 e. The van der Waals surface area contributed by atoms with Crippen LogP contribution in [0.5, 0.6) is 5.75 Å². The van der Waals surface area contributed by atoms with Crippen molar-refractivity contribution in [1.29, 1.82) is 0 Å². The van der Waals surface area contributed by atoms with Crippen molar-refractivity contribution >= 4 is 5.71 Å². The van der Waals surface area contributed by atoms with Crippen molar-refractivity contribution in [2.75, 3.05) is 13.1 Å². The largest absolute Gasteiger partial charge is 0.466 e. The Balaban J connectivity index is 1.56. The number of ether oxygens (including phenoxy) is 1. The molecule has 0 radical (unpaired) electrons. The Kier molecular flexibility index (Phi) is 4.43. The van der Waals surface area contributed by atoms with Crippen molar-refractivity contribution < 1.29 is 4.74 Å². The van der Waals surface area contributed by atoms with E-state index in [-0.39, 0.29) is 11.8 Å². The second kappa shape index (κ2) is 6.88. The summed E-state index contributed by atoms with van der Waals surface area (Å²) in [5.41, 5.74) is 6.01. The first-order valence-electron chi connectivity index (χ1n) is 10.9. The van der Waals surface area contributed by atoms with Crippen molar-refractivity contribution in [2.45, 2.75) is 64.8 Å². The smallest absolute Gasteiger partial charge is 0.200 e. The highest BCUT2D eigenvalue weighted by Crippen LogP contribution is 2.50. The molecule has 0 bridgehead atoms. The quantitative estimate of drug-likeness (QED) is 0.720. The maximum absolute atomic E-state index is 6.73. The van der Waals surface area contributed by atoms with Gasteiger partial charge in [-0.25, -0.2) is 5.01 Å². The van der Waals surface area contributed by atoms with Gasteiger partial charge >= 0.3 is 0 Å². The molecule has 29 heavy (non-hydrogen) atoms. The van der Waals surface area contributed by atoms with Crippen LogP contribution in [0, 0.1) is 13.8 Å². The SMILES string of the molecule is Cc1ccc(C)c(C2=NN3[C@H](C2)c2ccccc2OC32CCN(C(C)C)CC2)c1. The zero-order valence-corrected chi connectivity index (χ0v) is 18.0. The maximum Gasteiger partial charge on any atom is 0.200 e. The number of piperidine rings is 1. The van der Waals surface area contributed by atoms with Crippen molar-refractivity contribution in [3.05, 3.63) is 64.7 Å². The van der Waals surface area contributed by atoms with Gasteiger partial charge in [0, 0.05) is 49.5 Å². The lowest BCUT2D eigenvalue weighted by Gasteiger charge is -2.51. The number of fused-ring (bicyclic) bond motifs is 4. The number of likely N-dealkylation sites (tertiary alicyclic amines) is 1. The zero-order valence-electron chi connectivity index (χ0n) is 18.0. The van der Waals surface area contributed by atoms with E-state index in [2.05, 4.69) is 80.1 Å². The van der Waals surface area contributed by atoms with E-state index < -0.39 is 0 Å². The van der Waals surface area contributed by atoms with Crippen LogP contribution in [0.15, 0.2) is 47.6 Å². The van der Waals surface area contributed by atoms with Gasteiger partial charge in [0.2, 0.25) is 5.72 Å². The van der Waals surface area contributed by atoms with E-state index in [1.807, 2.05) is 0 Å². The van der Waals surface area contributed by atoms with Gasteiger partial charge < -0.3 is 9.64 Å². The van der Waals surface area contributed by atoms with E-state index in [9.17, 15) is 0 Å². The van der Waals surface area contributed by atoms with Gasteiger partial charge in [-0.15, -0.1) is 0 Å². The molecule has 1 atom stereocenters. The van der Waals surface area contributed by atoms with E-state index >= 15 is 0 Å². The number of hydrazone groups is 1. The van der Waals surface area contributed by atoms with Crippen molar-refractivity contribution in [1.82, 2.24) is 9.91 Å². The highest BCUT2D eigenvalue weighted by molar-refractivity contribution is 6.03. The van der Waals surface area contributed by atoms with E-state index in [4.69, 9.17) is 9.84 Å². The molecule has 0 amide bonds. The first kappa shape index (κ1) is 18.7. The number of aryl methyl sites for hydroxylation is 2. The number of hydrogen-bond acceptors (Lipinski definition) is 4. The van der Waals surface area contributed by atoms with Gasteiger partial charge in [-0.2, -0.15) is 5.10 Å². The Morgan fingerprint density at radius 3 is 2.59 bits per heavy atom. The Morgan fingerprint density at radius 1 is 1.07 bits per heavy atom. The summed E-state index contributed by atoms with van der Waals surface area (Å²) in [6.07, 6.45) is 2.92. The highest BCUT2D eigenvalue weighted by Gasteiger charge is 2.51. The number of para-hydroxylation sites is 1. The number of nitrogens with zero attached hydrogens (tertiary/aromatic N) is 3. The van der Waals surface area contributed by atoms with Crippen LogP contribution >= 0.6 is 0 Å². The summed E-state index contributed by atoms with van der Waals surface area (Å²) < 4.78 is 6.73. The molecule has 0 aromatic heterocycles. The standard InChI is InChI=1S/C25H31N3O/c1-17(2)27-13-11-25(12-14-27)28-23(20-7-5-6-8-24(20)29-25)16-22(26-28)21-15-18(3)9-10-19(21)4/h5-10,15,17,23H,11-14,16H2,1-4H3/t23-/m1/s1. The fourth-order valence-electron chi connectivity index (χ4n) is 5.16. The summed E-state index contributed by atoms with van der Waals surface area (Å²) in [5, 5.41) is 7.56. The molecule has 5 rings (SSSR count). The molecule has 4 nitrogen and oxygen atoms in total. The minimum absolute atomic E-state index is 0.264. The molecule has 0 aliphatic carbocycles. The molecule has 1 spiro atoms. The maximum atomic E-state index is 6.73. The molecule has 0 saturated carbocycles. The Morgan fingerprint density at radius 2 is 1.83 bits per heavy atom. The summed E-state index contributed by atoms with van der Waals surface area (Å²) in [5.74, 6) is 1.05. The lowest BCUT2D eigenvalue weighted by atomic mass is 9.90. The van der Waals surface area contributed by atoms with Crippen LogP contribution in [0.25, 0.3) is 0 Å². The molecule has 3 aliphatic rings. The lowest BCUT2D eigenvalue weighted by molar-refractivity contribution is -0.152. The summed E-state index contributed by atoms with van der Waals surface area (Å²) in [6.45, 7) is 11.0. The van der Waals surface area contributed by atoms with Crippen LogP contribution in [-0.2, 0) is 0 Å². The third kappa shape index (κ3) is 3.05. The Labute approximate surface area is 174 Å². The highest BCUT2D eigenvalue weighted by atomic mass is 16.5. The van der Waals surface area contributed by atoms with E-state index in [0.717, 1.165) is 38.1 Å². The Bertz CT molecular complexity index is 956. The molecule has 4 heteroatoms. The summed E-state index contributed by atoms with van der Waals surface area (Å²) >= 11 is 0. The van der Waals surface area contributed by atoms with Crippen LogP contribution in [-0.4, -0.2) is 40.5 Å². The fourth-order valence-corrected chi connectivity index (χ4v) is 5.16. The molecule has 1 fully saturated rings. The van der Waals surface area contributed by atoms with Crippen molar-refractivity contribution in [3.8, 4) is 5.75 Å². The third-order valence-corrected chi connectivity index (χ3v) is 6.92. The van der Waals surface area contributed by atoms with Gasteiger partial charge in [0.05, 0.1) is 11.8 Å². The van der Waals surface area contributed by atoms with Crippen molar-refractivity contribution in [2.24, 2.45) is 5.10 Å². The predicted molar refractivity (Wildman–Crippen MR) is 117 cm³/mol. The molecular formula is C25H31N3O. The molecule has 0 unspecified atom stereocenters. The van der Waals surface area contributed by atoms with Crippen LogP contribution in [0.2, 0.25) is 0 Å². The van der Waals surface area contributed by atoms with Crippen LogP contribution in [0.4, 0.5) is 0 Å². The van der Waals surface area contributed by atoms with Crippen LogP contribution in [0.1, 0.15) is 61.4 Å².